The number of nitrogens with zero attached hydrogens (tertiary/aromatic N) is 4. The highest BCUT2D eigenvalue weighted by Gasteiger charge is 2.39. The van der Waals surface area contributed by atoms with Crippen LogP contribution in [-0.4, -0.2) is 92.0 Å². The minimum atomic E-state index is -0.726. The van der Waals surface area contributed by atoms with Gasteiger partial charge < -0.3 is 30.5 Å². The van der Waals surface area contributed by atoms with Crippen molar-refractivity contribution in [2.24, 2.45) is 16.8 Å². The number of fused-ring (bicyclic) bond motifs is 2. The van der Waals surface area contributed by atoms with Gasteiger partial charge in [-0.1, -0.05) is 39.5 Å². The monoisotopic (exact) mass is 781 g/mol. The number of allylic oxidation sites excluding steroid dienone is 1. The van der Waals surface area contributed by atoms with Gasteiger partial charge in [0.2, 0.25) is 23.6 Å². The van der Waals surface area contributed by atoms with E-state index in [2.05, 4.69) is 38.2 Å². The Morgan fingerprint density at radius 1 is 0.927 bits per heavy atom. The number of hydrogen-bond acceptors (Lipinski definition) is 9. The summed E-state index contributed by atoms with van der Waals surface area (Å²) < 4.78 is 2.32. The van der Waals surface area contributed by atoms with Crippen molar-refractivity contribution in [3.8, 4) is 11.8 Å². The van der Waals surface area contributed by atoms with Gasteiger partial charge in [0.05, 0.1) is 38.1 Å². The highest BCUT2D eigenvalue weighted by molar-refractivity contribution is 7.26. The fourth-order valence-electron chi connectivity index (χ4n) is 7.86. The molecule has 4 atom stereocenters. The number of carbonyl (C=O) groups is 4. The van der Waals surface area contributed by atoms with Gasteiger partial charge in [0.1, 0.15) is 24.5 Å². The number of aliphatic imine (C=N–C) groups is 1. The Balaban J connectivity index is 1.04. The maximum absolute atomic E-state index is 13.6. The first-order chi connectivity index (χ1) is 26.4. The van der Waals surface area contributed by atoms with E-state index in [0.29, 0.717) is 25.3 Å². The van der Waals surface area contributed by atoms with Crippen molar-refractivity contribution in [3.63, 3.8) is 0 Å². The number of benzene rings is 1. The number of H-pyrrole nitrogens is 1. The van der Waals surface area contributed by atoms with E-state index in [1.807, 2.05) is 57.0 Å². The number of imidazole rings is 1. The van der Waals surface area contributed by atoms with E-state index >= 15 is 0 Å². The molecule has 288 valence electrons. The van der Waals surface area contributed by atoms with Crippen molar-refractivity contribution in [2.75, 3.05) is 19.7 Å². The number of aliphatic hydroxyl groups is 1. The lowest BCUT2D eigenvalue weighted by molar-refractivity contribution is -0.139. The Morgan fingerprint density at radius 2 is 1.60 bits per heavy atom. The van der Waals surface area contributed by atoms with Gasteiger partial charge in [-0.25, -0.2) is 4.98 Å². The van der Waals surface area contributed by atoms with Crippen molar-refractivity contribution in [1.29, 1.82) is 0 Å². The summed E-state index contributed by atoms with van der Waals surface area (Å²) in [5, 5.41) is 19.1. The van der Waals surface area contributed by atoms with Crippen LogP contribution < -0.4 is 10.6 Å². The molecule has 3 aromatic heterocycles. The number of aliphatic hydroxyl groups excluding tert-OH is 1. The fraction of sp³-hybridized carbons (Fsp3) is 0.463. The lowest BCUT2D eigenvalue weighted by Crippen LogP contribution is -2.53. The molecular weight excluding hydrogens is 735 g/mol. The number of amides is 4. The largest absolute Gasteiger partial charge is 0.387 e. The molecule has 4 amide bonds. The molecule has 1 aromatic carbocycles. The number of likely N-dealkylation sites (tertiary alicyclic amines) is 2. The van der Waals surface area contributed by atoms with Crippen LogP contribution in [0.5, 0.6) is 0 Å². The summed E-state index contributed by atoms with van der Waals surface area (Å²) in [6.45, 7) is 9.69. The lowest BCUT2D eigenvalue weighted by Gasteiger charge is -2.31. The smallest absolute Gasteiger partial charge is 0.246 e. The van der Waals surface area contributed by atoms with E-state index in [4.69, 9.17) is 9.98 Å². The maximum atomic E-state index is 13.6. The van der Waals surface area contributed by atoms with Crippen LogP contribution in [0.4, 0.5) is 0 Å². The van der Waals surface area contributed by atoms with Gasteiger partial charge in [0.15, 0.2) is 0 Å². The molecule has 7 rings (SSSR count). The zero-order valence-electron chi connectivity index (χ0n) is 31.8. The minimum absolute atomic E-state index is 0.0138. The van der Waals surface area contributed by atoms with Crippen LogP contribution in [0.3, 0.4) is 0 Å². The Labute approximate surface area is 328 Å². The van der Waals surface area contributed by atoms with Crippen molar-refractivity contribution >= 4 is 78.0 Å². The zero-order chi connectivity index (χ0) is 39.0. The Bertz CT molecular complexity index is 2270. The van der Waals surface area contributed by atoms with Crippen LogP contribution in [0.2, 0.25) is 0 Å². The molecule has 0 saturated carbocycles. The average Bonchev–Trinajstić information content (AvgIpc) is 4.00. The number of thiophene rings is 2. The SMILES string of the molecule is CC(=O)N[C@H](C(=O)N1CCCC1C1=NC=C(c2csc3c(C#Cc4ccc5nc(C6CCCN6C(=O)[C@H](NC(=O)CO)C(C)C)[nH]c5c4)csc23)C1)C(C)C. The summed E-state index contributed by atoms with van der Waals surface area (Å²) in [6.07, 6.45) is 5.99. The van der Waals surface area contributed by atoms with E-state index in [0.717, 1.165) is 69.4 Å². The number of nitrogens with one attached hydrogen (secondary N) is 3. The second kappa shape index (κ2) is 16.1. The summed E-state index contributed by atoms with van der Waals surface area (Å²) in [7, 11) is 0. The average molecular weight is 782 g/mol. The van der Waals surface area contributed by atoms with Crippen LogP contribution >= 0.6 is 22.7 Å². The van der Waals surface area contributed by atoms with Crippen LogP contribution in [0.1, 0.15) is 95.3 Å². The normalized spacial score (nSPS) is 19.5. The standard InChI is InChI=1S/C41H47N7O5S2/c1-22(2)35(43-24(5)50)40(52)47-14-6-8-32(47)31-17-27(18-42-31)28-21-55-37-26(20-54-38(28)37)12-10-25-11-13-29-30(16-25)45-39(44-29)33-9-7-15-48(33)41(53)36(23(3)4)46-34(51)19-49/h11,13,16,18,20-23,32-33,35-36,49H,6-9,14-15,17,19H2,1-5H3,(H,43,50)(H,44,45)(H,46,51)/t32?,33?,35-,36+/m0/s1. The molecule has 3 aliphatic heterocycles. The van der Waals surface area contributed by atoms with Gasteiger partial charge >= 0.3 is 0 Å². The molecule has 2 unspecified atom stereocenters. The maximum Gasteiger partial charge on any atom is 0.246 e. The zero-order valence-corrected chi connectivity index (χ0v) is 33.4. The van der Waals surface area contributed by atoms with Gasteiger partial charge in [-0.15, -0.1) is 22.7 Å². The van der Waals surface area contributed by atoms with Crippen LogP contribution in [0.25, 0.3) is 26.0 Å². The Morgan fingerprint density at radius 3 is 2.29 bits per heavy atom. The first-order valence-corrected chi connectivity index (χ1v) is 20.7. The summed E-state index contributed by atoms with van der Waals surface area (Å²) >= 11 is 3.36. The highest BCUT2D eigenvalue weighted by atomic mass is 32.1. The quantitative estimate of drug-likeness (QED) is 0.158. The lowest BCUT2D eigenvalue weighted by atomic mass is 9.98. The molecular formula is C41H47N7O5S2. The van der Waals surface area contributed by atoms with Crippen LogP contribution in [-0.2, 0) is 19.2 Å². The molecule has 6 heterocycles. The highest BCUT2D eigenvalue weighted by Crippen LogP contribution is 2.41. The molecule has 55 heavy (non-hydrogen) atoms. The van der Waals surface area contributed by atoms with E-state index in [9.17, 15) is 24.3 Å². The Hall–Kier alpha value is -4.84. The Kier molecular flexibility index (Phi) is 11.2. The van der Waals surface area contributed by atoms with E-state index in [1.165, 1.54) is 11.6 Å². The fourth-order valence-corrected chi connectivity index (χ4v) is 10.2. The summed E-state index contributed by atoms with van der Waals surface area (Å²) in [4.78, 5) is 67.7. The molecule has 0 radical (unpaired) electrons. The van der Waals surface area contributed by atoms with Crippen molar-refractivity contribution < 1.29 is 24.3 Å². The molecule has 0 aliphatic carbocycles. The van der Waals surface area contributed by atoms with Crippen molar-refractivity contribution in [3.05, 3.63) is 57.7 Å². The molecule has 12 nitrogen and oxygen atoms in total. The van der Waals surface area contributed by atoms with E-state index in [1.54, 1.807) is 27.6 Å². The van der Waals surface area contributed by atoms with Gasteiger partial charge in [-0.2, -0.15) is 0 Å². The second-order valence-corrected chi connectivity index (χ2v) is 17.0. The summed E-state index contributed by atoms with van der Waals surface area (Å²) in [5.41, 5.74) is 6.74. The summed E-state index contributed by atoms with van der Waals surface area (Å²) in [5.74, 6) is 6.31. The predicted octanol–water partition coefficient (Wildman–Crippen LogP) is 5.37. The molecule has 2 fully saturated rings. The first-order valence-electron chi connectivity index (χ1n) is 19.0. The van der Waals surface area contributed by atoms with Crippen LogP contribution in [0, 0.1) is 23.7 Å². The third-order valence-electron chi connectivity index (χ3n) is 10.7. The number of hydrogen-bond donors (Lipinski definition) is 4. The van der Waals surface area contributed by atoms with E-state index in [-0.39, 0.29) is 41.6 Å². The van der Waals surface area contributed by atoms with Crippen molar-refractivity contribution in [1.82, 2.24) is 30.4 Å². The third kappa shape index (κ3) is 7.83. The molecule has 14 heteroatoms. The van der Waals surface area contributed by atoms with Crippen LogP contribution in [0.15, 0.2) is 40.2 Å². The molecule has 4 aromatic rings. The summed E-state index contributed by atoms with van der Waals surface area (Å²) in [6, 6.07) is 4.30. The molecule has 0 spiro atoms. The topological polar surface area (TPSA) is 160 Å². The minimum Gasteiger partial charge on any atom is -0.387 e. The van der Waals surface area contributed by atoms with Crippen molar-refractivity contribution in [2.45, 2.75) is 90.9 Å². The van der Waals surface area contributed by atoms with Gasteiger partial charge in [-0.05, 0) is 61.3 Å². The van der Waals surface area contributed by atoms with Gasteiger partial charge in [0.25, 0.3) is 0 Å². The molecule has 2 saturated heterocycles. The first kappa shape index (κ1) is 38.4. The van der Waals surface area contributed by atoms with Gasteiger partial charge in [0, 0.05) is 60.2 Å². The molecule has 3 aliphatic rings. The molecule has 4 N–H and O–H groups in total. The van der Waals surface area contributed by atoms with E-state index < -0.39 is 24.6 Å². The van der Waals surface area contributed by atoms with Gasteiger partial charge in [-0.3, -0.25) is 24.2 Å². The second-order valence-electron chi connectivity index (χ2n) is 15.3. The third-order valence-corrected chi connectivity index (χ3v) is 12.8. The number of aromatic nitrogens is 2. The number of carbonyl (C=O) groups excluding carboxylic acids is 4. The number of rotatable bonds is 10. The molecule has 0 bridgehead atoms. The number of aromatic amines is 1. The predicted molar refractivity (Wildman–Crippen MR) is 217 cm³/mol.